The van der Waals surface area contributed by atoms with E-state index in [1.807, 2.05) is 0 Å². The van der Waals surface area contributed by atoms with Crippen LogP contribution in [0.25, 0.3) is 0 Å². The standard InChI is InChI=1S/C17H17N3O4/c1-12-3-4-14(9-16(12)20(22)23)11-18-19-17(21)10-13-5-7-15(24-2)8-6-13/h3-9,11H,10H2,1-2H3,(H,19,21)/b18-11-. The summed E-state index contributed by atoms with van der Waals surface area (Å²) in [5.41, 5.74) is 4.36. The molecule has 0 saturated heterocycles. The number of methoxy groups -OCH3 is 1. The van der Waals surface area contributed by atoms with Crippen LogP contribution < -0.4 is 10.2 Å². The third kappa shape index (κ3) is 4.64. The molecule has 0 unspecified atom stereocenters. The van der Waals surface area contributed by atoms with E-state index in [1.54, 1.807) is 50.4 Å². The molecule has 0 radical (unpaired) electrons. The zero-order valence-electron chi connectivity index (χ0n) is 13.4. The maximum Gasteiger partial charge on any atom is 0.272 e. The second-order valence-electron chi connectivity index (χ2n) is 5.12. The van der Waals surface area contributed by atoms with Gasteiger partial charge in [0.2, 0.25) is 5.91 Å². The number of carbonyl (C=O) groups is 1. The molecule has 1 amide bonds. The van der Waals surface area contributed by atoms with E-state index in [0.29, 0.717) is 11.1 Å². The average Bonchev–Trinajstić information content (AvgIpc) is 2.57. The van der Waals surface area contributed by atoms with E-state index in [1.165, 1.54) is 12.3 Å². The highest BCUT2D eigenvalue weighted by Gasteiger charge is 2.10. The lowest BCUT2D eigenvalue weighted by atomic mass is 10.1. The number of amides is 1. The van der Waals surface area contributed by atoms with Crippen LogP contribution in [0.5, 0.6) is 5.75 Å². The summed E-state index contributed by atoms with van der Waals surface area (Å²) in [6.07, 6.45) is 1.55. The first-order chi connectivity index (χ1) is 11.5. The number of nitrogens with zero attached hydrogens (tertiary/aromatic N) is 2. The summed E-state index contributed by atoms with van der Waals surface area (Å²) >= 11 is 0. The van der Waals surface area contributed by atoms with Crippen molar-refractivity contribution in [2.45, 2.75) is 13.3 Å². The molecule has 1 N–H and O–H groups in total. The Balaban J connectivity index is 1.94. The van der Waals surface area contributed by atoms with E-state index >= 15 is 0 Å². The van der Waals surface area contributed by atoms with Crippen LogP contribution in [0, 0.1) is 17.0 Å². The van der Waals surface area contributed by atoms with E-state index in [-0.39, 0.29) is 18.0 Å². The van der Waals surface area contributed by atoms with Gasteiger partial charge in [-0.1, -0.05) is 24.3 Å². The van der Waals surface area contributed by atoms with Crippen LogP contribution in [-0.2, 0) is 11.2 Å². The number of nitro benzene ring substituents is 1. The Bertz CT molecular complexity index is 770. The van der Waals surface area contributed by atoms with Crippen molar-refractivity contribution in [3.63, 3.8) is 0 Å². The molecule has 7 nitrogen and oxygen atoms in total. The summed E-state index contributed by atoms with van der Waals surface area (Å²) in [5.74, 6) is 0.441. The Morgan fingerprint density at radius 3 is 2.62 bits per heavy atom. The maximum absolute atomic E-state index is 11.8. The van der Waals surface area contributed by atoms with Gasteiger partial charge in [0.1, 0.15) is 5.75 Å². The van der Waals surface area contributed by atoms with E-state index in [4.69, 9.17) is 4.74 Å². The fourth-order valence-electron chi connectivity index (χ4n) is 2.05. The van der Waals surface area contributed by atoms with Crippen molar-refractivity contribution < 1.29 is 14.5 Å². The number of rotatable bonds is 6. The van der Waals surface area contributed by atoms with E-state index in [2.05, 4.69) is 10.5 Å². The summed E-state index contributed by atoms with van der Waals surface area (Å²) in [4.78, 5) is 22.3. The van der Waals surface area contributed by atoms with Crippen LogP contribution in [0.2, 0.25) is 0 Å². The first kappa shape index (κ1) is 17.1. The largest absolute Gasteiger partial charge is 0.497 e. The number of nitro groups is 1. The molecule has 2 rings (SSSR count). The van der Waals surface area contributed by atoms with Gasteiger partial charge in [-0.05, 0) is 24.6 Å². The van der Waals surface area contributed by atoms with E-state index in [0.717, 1.165) is 11.3 Å². The van der Waals surface area contributed by atoms with Crippen molar-refractivity contribution in [1.29, 1.82) is 0 Å². The molecule has 0 aromatic heterocycles. The summed E-state index contributed by atoms with van der Waals surface area (Å²) in [6, 6.07) is 11.9. The molecule has 0 atom stereocenters. The zero-order valence-corrected chi connectivity index (χ0v) is 13.4. The van der Waals surface area contributed by atoms with Crippen molar-refractivity contribution in [2.24, 2.45) is 5.10 Å². The van der Waals surface area contributed by atoms with Crippen molar-refractivity contribution in [1.82, 2.24) is 5.43 Å². The van der Waals surface area contributed by atoms with Crippen LogP contribution in [0.3, 0.4) is 0 Å². The van der Waals surface area contributed by atoms with Crippen molar-refractivity contribution in [3.05, 3.63) is 69.3 Å². The smallest absolute Gasteiger partial charge is 0.272 e. The molecular formula is C17H17N3O4. The minimum atomic E-state index is -0.449. The molecule has 0 aliphatic heterocycles. The third-order valence-electron chi connectivity index (χ3n) is 3.36. The van der Waals surface area contributed by atoms with Crippen LogP contribution in [0.4, 0.5) is 5.69 Å². The number of ether oxygens (including phenoxy) is 1. The molecule has 24 heavy (non-hydrogen) atoms. The quantitative estimate of drug-likeness (QED) is 0.501. The normalized spacial score (nSPS) is 10.6. The molecule has 2 aromatic rings. The lowest BCUT2D eigenvalue weighted by Gasteiger charge is -2.03. The molecule has 0 spiro atoms. The molecule has 0 aliphatic carbocycles. The van der Waals surface area contributed by atoms with Crippen LogP contribution in [0.15, 0.2) is 47.6 Å². The van der Waals surface area contributed by atoms with Crippen LogP contribution in [-0.4, -0.2) is 24.2 Å². The highest BCUT2D eigenvalue weighted by Crippen LogP contribution is 2.18. The maximum atomic E-state index is 11.8. The number of hydrogen-bond acceptors (Lipinski definition) is 5. The lowest BCUT2D eigenvalue weighted by molar-refractivity contribution is -0.385. The van der Waals surface area contributed by atoms with Crippen LogP contribution in [0.1, 0.15) is 16.7 Å². The van der Waals surface area contributed by atoms with Crippen molar-refractivity contribution >= 4 is 17.8 Å². The van der Waals surface area contributed by atoms with Gasteiger partial charge in [-0.15, -0.1) is 0 Å². The highest BCUT2D eigenvalue weighted by atomic mass is 16.6. The first-order valence-corrected chi connectivity index (χ1v) is 7.19. The van der Waals surface area contributed by atoms with Gasteiger partial charge in [-0.2, -0.15) is 5.10 Å². The Morgan fingerprint density at radius 1 is 1.29 bits per heavy atom. The molecule has 0 fully saturated rings. The first-order valence-electron chi connectivity index (χ1n) is 7.19. The summed E-state index contributed by atoms with van der Waals surface area (Å²) in [7, 11) is 1.58. The number of benzene rings is 2. The fourth-order valence-corrected chi connectivity index (χ4v) is 2.05. The molecule has 0 aliphatic rings. The monoisotopic (exact) mass is 327 g/mol. The number of hydrazone groups is 1. The minimum Gasteiger partial charge on any atom is -0.497 e. The molecule has 2 aromatic carbocycles. The second kappa shape index (κ2) is 7.87. The van der Waals surface area contributed by atoms with Gasteiger partial charge in [0, 0.05) is 17.2 Å². The predicted molar refractivity (Wildman–Crippen MR) is 90.3 cm³/mol. The zero-order chi connectivity index (χ0) is 17.5. The minimum absolute atomic E-state index is 0.0171. The topological polar surface area (TPSA) is 93.8 Å². The van der Waals surface area contributed by atoms with Crippen molar-refractivity contribution in [3.8, 4) is 5.75 Å². The van der Waals surface area contributed by atoms with Gasteiger partial charge in [-0.3, -0.25) is 14.9 Å². The molecule has 124 valence electrons. The fraction of sp³-hybridized carbons (Fsp3) is 0.176. The number of nitrogens with one attached hydrogen (secondary N) is 1. The summed E-state index contributed by atoms with van der Waals surface area (Å²) in [6.45, 7) is 1.66. The summed E-state index contributed by atoms with van der Waals surface area (Å²) < 4.78 is 5.05. The highest BCUT2D eigenvalue weighted by molar-refractivity contribution is 5.84. The SMILES string of the molecule is COc1ccc(CC(=O)N/N=C\c2ccc(C)c([N+](=O)[O-])c2)cc1. The molecule has 0 saturated carbocycles. The Hall–Kier alpha value is -3.22. The van der Waals surface area contributed by atoms with E-state index in [9.17, 15) is 14.9 Å². The van der Waals surface area contributed by atoms with Gasteiger partial charge in [0.05, 0.1) is 24.7 Å². The van der Waals surface area contributed by atoms with Gasteiger partial charge >= 0.3 is 0 Å². The number of hydrogen-bond donors (Lipinski definition) is 1. The second-order valence-corrected chi connectivity index (χ2v) is 5.12. The molecular weight excluding hydrogens is 310 g/mol. The molecule has 0 heterocycles. The Kier molecular flexibility index (Phi) is 5.62. The number of aryl methyl sites for hydroxylation is 1. The van der Waals surface area contributed by atoms with Gasteiger partial charge in [0.25, 0.3) is 5.69 Å². The molecule has 7 heteroatoms. The number of carbonyl (C=O) groups excluding carboxylic acids is 1. The van der Waals surface area contributed by atoms with Gasteiger partial charge in [-0.25, -0.2) is 5.43 Å². The average molecular weight is 327 g/mol. The van der Waals surface area contributed by atoms with Crippen LogP contribution >= 0.6 is 0 Å². The van der Waals surface area contributed by atoms with Gasteiger partial charge < -0.3 is 4.74 Å². The molecule has 0 bridgehead atoms. The Morgan fingerprint density at radius 2 is 2.00 bits per heavy atom. The third-order valence-corrected chi connectivity index (χ3v) is 3.36. The van der Waals surface area contributed by atoms with E-state index < -0.39 is 4.92 Å². The van der Waals surface area contributed by atoms with Crippen molar-refractivity contribution in [2.75, 3.05) is 7.11 Å². The lowest BCUT2D eigenvalue weighted by Crippen LogP contribution is -2.19. The predicted octanol–water partition coefficient (Wildman–Crippen LogP) is 2.60. The van der Waals surface area contributed by atoms with Gasteiger partial charge in [0.15, 0.2) is 0 Å². The Labute approximate surface area is 139 Å². The summed E-state index contributed by atoms with van der Waals surface area (Å²) in [5, 5.41) is 14.7.